The van der Waals surface area contributed by atoms with Gasteiger partial charge in [-0.2, -0.15) is 0 Å². The molecule has 1 heterocycles. The molecule has 2 N–H and O–H groups in total. The molecule has 22 heavy (non-hydrogen) atoms. The Kier molecular flexibility index (Phi) is 4.79. The smallest absolute Gasteiger partial charge is 0.239 e. The van der Waals surface area contributed by atoms with Gasteiger partial charge in [-0.25, -0.2) is 0 Å². The molecule has 2 fully saturated rings. The molecule has 2 aliphatic rings. The second kappa shape index (κ2) is 6.80. The zero-order valence-electron chi connectivity index (χ0n) is 13.4. The van der Waals surface area contributed by atoms with E-state index in [4.69, 9.17) is 5.73 Å². The van der Waals surface area contributed by atoms with Crippen LogP contribution in [-0.4, -0.2) is 46.9 Å². The highest BCUT2D eigenvalue weighted by atomic mass is 16.2. The van der Waals surface area contributed by atoms with Gasteiger partial charge in [0, 0.05) is 25.2 Å². The maximum Gasteiger partial charge on any atom is 0.239 e. The Morgan fingerprint density at radius 2 is 2.00 bits per heavy atom. The number of amides is 1. The van der Waals surface area contributed by atoms with Crippen molar-refractivity contribution in [1.29, 1.82) is 0 Å². The summed E-state index contributed by atoms with van der Waals surface area (Å²) in [5.74, 6) is 0.133. The number of piperidine rings is 1. The highest BCUT2D eigenvalue weighted by molar-refractivity contribution is 5.82. The highest BCUT2D eigenvalue weighted by Crippen LogP contribution is 2.32. The van der Waals surface area contributed by atoms with Crippen LogP contribution >= 0.6 is 0 Å². The summed E-state index contributed by atoms with van der Waals surface area (Å²) < 4.78 is 0. The van der Waals surface area contributed by atoms with Gasteiger partial charge in [0.15, 0.2) is 0 Å². The van der Waals surface area contributed by atoms with Crippen LogP contribution < -0.4 is 5.73 Å². The summed E-state index contributed by atoms with van der Waals surface area (Å²) in [6, 6.07) is 11.0. The molecule has 2 atom stereocenters. The molecule has 4 nitrogen and oxygen atoms in total. The summed E-state index contributed by atoms with van der Waals surface area (Å²) in [4.78, 5) is 17.1. The number of nitrogens with zero attached hydrogens (tertiary/aromatic N) is 2. The number of hydrogen-bond acceptors (Lipinski definition) is 3. The SMILES string of the molecule is C[C@H](N)C(=O)N(C1CC1)[C@@H]1CCCN(Cc2ccccc2)C1. The van der Waals surface area contributed by atoms with E-state index in [0.29, 0.717) is 12.1 Å². The van der Waals surface area contributed by atoms with Crippen LogP contribution in [0.5, 0.6) is 0 Å². The summed E-state index contributed by atoms with van der Waals surface area (Å²) in [6.07, 6.45) is 4.56. The fourth-order valence-electron chi connectivity index (χ4n) is 3.49. The van der Waals surface area contributed by atoms with Gasteiger partial charge in [-0.05, 0) is 44.7 Å². The van der Waals surface area contributed by atoms with Crippen molar-refractivity contribution in [1.82, 2.24) is 9.80 Å². The van der Waals surface area contributed by atoms with E-state index in [0.717, 1.165) is 45.3 Å². The van der Waals surface area contributed by atoms with Crippen LogP contribution in [0.1, 0.15) is 38.2 Å². The lowest BCUT2D eigenvalue weighted by atomic mass is 10.0. The third kappa shape index (κ3) is 3.68. The summed E-state index contributed by atoms with van der Waals surface area (Å²) >= 11 is 0. The average molecular weight is 301 g/mol. The molecule has 3 rings (SSSR count). The molecule has 0 aromatic heterocycles. The molecule has 1 saturated heterocycles. The minimum atomic E-state index is -0.384. The van der Waals surface area contributed by atoms with Crippen LogP contribution in [0.25, 0.3) is 0 Å². The number of carbonyl (C=O) groups is 1. The van der Waals surface area contributed by atoms with Gasteiger partial charge in [0.05, 0.1) is 6.04 Å². The van der Waals surface area contributed by atoms with E-state index in [1.165, 1.54) is 5.56 Å². The van der Waals surface area contributed by atoms with Crippen LogP contribution in [0.4, 0.5) is 0 Å². The molecule has 1 saturated carbocycles. The number of hydrogen-bond donors (Lipinski definition) is 1. The van der Waals surface area contributed by atoms with E-state index in [2.05, 4.69) is 40.1 Å². The first kappa shape index (κ1) is 15.5. The molecule has 0 radical (unpaired) electrons. The number of likely N-dealkylation sites (tertiary alicyclic amines) is 1. The van der Waals surface area contributed by atoms with Gasteiger partial charge in [0.25, 0.3) is 0 Å². The van der Waals surface area contributed by atoms with Crippen molar-refractivity contribution < 1.29 is 4.79 Å². The van der Waals surface area contributed by atoms with Crippen molar-refractivity contribution in [2.45, 2.75) is 57.3 Å². The summed E-state index contributed by atoms with van der Waals surface area (Å²) in [6.45, 7) is 4.88. The Hall–Kier alpha value is -1.39. The fourth-order valence-corrected chi connectivity index (χ4v) is 3.49. The van der Waals surface area contributed by atoms with Crippen LogP contribution in [0.15, 0.2) is 30.3 Å². The second-order valence-corrected chi connectivity index (χ2v) is 6.78. The lowest BCUT2D eigenvalue weighted by molar-refractivity contribution is -0.136. The van der Waals surface area contributed by atoms with Crippen LogP contribution in [0.2, 0.25) is 0 Å². The number of rotatable bonds is 5. The Morgan fingerprint density at radius 3 is 2.64 bits per heavy atom. The molecule has 4 heteroatoms. The molecule has 120 valence electrons. The standard InChI is InChI=1S/C18H27N3O/c1-14(19)18(22)21(16-9-10-16)17-8-5-11-20(13-17)12-15-6-3-2-4-7-15/h2-4,6-7,14,16-17H,5,8-13,19H2,1H3/t14-,17+/m0/s1. The summed E-state index contributed by atoms with van der Waals surface area (Å²) in [7, 11) is 0. The molecule has 1 amide bonds. The van der Waals surface area contributed by atoms with Crippen molar-refractivity contribution in [2.75, 3.05) is 13.1 Å². The molecular weight excluding hydrogens is 274 g/mol. The minimum Gasteiger partial charge on any atom is -0.334 e. The van der Waals surface area contributed by atoms with Gasteiger partial charge in [0.1, 0.15) is 0 Å². The number of nitrogens with two attached hydrogens (primary N) is 1. The second-order valence-electron chi connectivity index (χ2n) is 6.78. The Balaban J connectivity index is 1.65. The third-order valence-corrected chi connectivity index (χ3v) is 4.71. The van der Waals surface area contributed by atoms with E-state index in [1.54, 1.807) is 0 Å². The Bertz CT molecular complexity index is 498. The summed E-state index contributed by atoms with van der Waals surface area (Å²) in [5.41, 5.74) is 7.21. The van der Waals surface area contributed by atoms with Crippen LogP contribution in [0.3, 0.4) is 0 Å². The lowest BCUT2D eigenvalue weighted by Gasteiger charge is -2.40. The topological polar surface area (TPSA) is 49.6 Å². The lowest BCUT2D eigenvalue weighted by Crippen LogP contribution is -2.54. The molecular formula is C18H27N3O. The van der Waals surface area contributed by atoms with Gasteiger partial charge in [-0.1, -0.05) is 30.3 Å². The van der Waals surface area contributed by atoms with Crippen molar-refractivity contribution in [3.05, 3.63) is 35.9 Å². The number of carbonyl (C=O) groups excluding carboxylic acids is 1. The quantitative estimate of drug-likeness (QED) is 0.905. The highest BCUT2D eigenvalue weighted by Gasteiger charge is 2.39. The van der Waals surface area contributed by atoms with Crippen molar-refractivity contribution in [3.8, 4) is 0 Å². The molecule has 0 spiro atoms. The van der Waals surface area contributed by atoms with E-state index >= 15 is 0 Å². The molecule has 1 aromatic carbocycles. The molecule has 1 aliphatic carbocycles. The van der Waals surface area contributed by atoms with Crippen molar-refractivity contribution in [3.63, 3.8) is 0 Å². The van der Waals surface area contributed by atoms with Crippen LogP contribution in [-0.2, 0) is 11.3 Å². The van der Waals surface area contributed by atoms with E-state index in [9.17, 15) is 4.79 Å². The number of benzene rings is 1. The molecule has 0 bridgehead atoms. The van der Waals surface area contributed by atoms with Crippen LogP contribution in [0, 0.1) is 0 Å². The first-order chi connectivity index (χ1) is 10.6. The molecule has 1 aromatic rings. The largest absolute Gasteiger partial charge is 0.334 e. The zero-order chi connectivity index (χ0) is 15.5. The predicted octanol–water partition coefficient (Wildman–Crippen LogP) is 1.99. The Labute approximate surface area is 133 Å². The summed E-state index contributed by atoms with van der Waals surface area (Å²) in [5, 5.41) is 0. The average Bonchev–Trinajstić information content (AvgIpc) is 3.33. The maximum absolute atomic E-state index is 12.5. The van der Waals surface area contributed by atoms with Gasteiger partial charge >= 0.3 is 0 Å². The third-order valence-electron chi connectivity index (χ3n) is 4.71. The first-order valence-electron chi connectivity index (χ1n) is 8.49. The van der Waals surface area contributed by atoms with Gasteiger partial charge in [-0.3, -0.25) is 9.69 Å². The van der Waals surface area contributed by atoms with E-state index in [1.807, 2.05) is 6.92 Å². The van der Waals surface area contributed by atoms with E-state index in [-0.39, 0.29) is 11.9 Å². The van der Waals surface area contributed by atoms with E-state index < -0.39 is 0 Å². The van der Waals surface area contributed by atoms with Gasteiger partial charge < -0.3 is 10.6 Å². The monoisotopic (exact) mass is 301 g/mol. The Morgan fingerprint density at radius 1 is 1.27 bits per heavy atom. The fraction of sp³-hybridized carbons (Fsp3) is 0.611. The molecule has 1 aliphatic heterocycles. The minimum absolute atomic E-state index is 0.133. The predicted molar refractivity (Wildman–Crippen MR) is 88.3 cm³/mol. The van der Waals surface area contributed by atoms with Gasteiger partial charge in [-0.15, -0.1) is 0 Å². The maximum atomic E-state index is 12.5. The molecule has 0 unspecified atom stereocenters. The van der Waals surface area contributed by atoms with Crippen molar-refractivity contribution >= 4 is 5.91 Å². The zero-order valence-corrected chi connectivity index (χ0v) is 13.4. The van der Waals surface area contributed by atoms with Gasteiger partial charge in [0.2, 0.25) is 5.91 Å². The first-order valence-corrected chi connectivity index (χ1v) is 8.49. The normalized spacial score (nSPS) is 24.0. The van der Waals surface area contributed by atoms with Crippen molar-refractivity contribution in [2.24, 2.45) is 5.73 Å².